The lowest BCUT2D eigenvalue weighted by Crippen LogP contribution is -2.09. The summed E-state index contributed by atoms with van der Waals surface area (Å²) in [5.74, 6) is 0.614. The van der Waals surface area contributed by atoms with Crippen molar-refractivity contribution in [1.82, 2.24) is 19.8 Å². The Balaban J connectivity index is 1.56. The van der Waals surface area contributed by atoms with Crippen molar-refractivity contribution in [3.05, 3.63) is 76.6 Å². The van der Waals surface area contributed by atoms with Crippen molar-refractivity contribution in [2.45, 2.75) is 16.3 Å². The highest BCUT2D eigenvalue weighted by Gasteiger charge is 2.27. The van der Waals surface area contributed by atoms with Gasteiger partial charge in [-0.2, -0.15) is 4.52 Å². The van der Waals surface area contributed by atoms with Crippen LogP contribution in [0.2, 0.25) is 5.02 Å². The quantitative estimate of drug-likeness (QED) is 0.394. The number of fused-ring (bicyclic) bond motifs is 3. The molecule has 0 saturated carbocycles. The van der Waals surface area contributed by atoms with Crippen LogP contribution in [0.1, 0.15) is 5.56 Å². The smallest absolute Gasteiger partial charge is 0.229 e. The first-order chi connectivity index (χ1) is 15.0. The van der Waals surface area contributed by atoms with Crippen LogP contribution < -0.4 is 5.32 Å². The molecule has 0 aliphatic heterocycles. The summed E-state index contributed by atoms with van der Waals surface area (Å²) in [7, 11) is -3.91. The summed E-state index contributed by atoms with van der Waals surface area (Å²) in [5, 5.41) is 13.6. The van der Waals surface area contributed by atoms with E-state index in [1.165, 1.54) is 45.7 Å². The van der Waals surface area contributed by atoms with Crippen LogP contribution in [0.4, 0.5) is 5.82 Å². The second-order valence-corrected chi connectivity index (χ2v) is 10.1. The van der Waals surface area contributed by atoms with Gasteiger partial charge in [0.2, 0.25) is 14.9 Å². The SMILES string of the molecule is O=S(=O)(c1ccc(Cl)cc1)c1nnn2c1nc(NCCc1ccccc1)c1sccc12. The van der Waals surface area contributed by atoms with Gasteiger partial charge in [-0.1, -0.05) is 47.1 Å². The van der Waals surface area contributed by atoms with Gasteiger partial charge in [-0.25, -0.2) is 13.4 Å². The van der Waals surface area contributed by atoms with Crippen LogP contribution in [0.5, 0.6) is 0 Å². The lowest BCUT2D eigenvalue weighted by atomic mass is 10.1. The maximum Gasteiger partial charge on any atom is 0.229 e. The molecule has 1 N–H and O–H groups in total. The Labute approximate surface area is 187 Å². The topological polar surface area (TPSA) is 89.2 Å². The fourth-order valence-corrected chi connectivity index (χ4v) is 5.51. The number of anilines is 1. The monoisotopic (exact) mass is 469 g/mol. The number of benzene rings is 2. The second kappa shape index (κ2) is 7.92. The minimum atomic E-state index is -3.91. The zero-order valence-electron chi connectivity index (χ0n) is 16.1. The van der Waals surface area contributed by atoms with Gasteiger partial charge >= 0.3 is 0 Å². The summed E-state index contributed by atoms with van der Waals surface area (Å²) in [6.45, 7) is 0.654. The highest BCUT2D eigenvalue weighted by molar-refractivity contribution is 7.91. The van der Waals surface area contributed by atoms with Gasteiger partial charge < -0.3 is 5.32 Å². The molecule has 0 radical (unpaired) electrons. The molecule has 3 aromatic heterocycles. The first-order valence-corrected chi connectivity index (χ1v) is 12.2. The zero-order chi connectivity index (χ0) is 21.4. The number of nitrogens with zero attached hydrogens (tertiary/aromatic N) is 4. The second-order valence-electron chi connectivity index (χ2n) is 6.85. The Hall–Kier alpha value is -3.01. The van der Waals surface area contributed by atoms with E-state index >= 15 is 0 Å². The van der Waals surface area contributed by atoms with Crippen LogP contribution in [0.3, 0.4) is 0 Å². The largest absolute Gasteiger partial charge is 0.368 e. The van der Waals surface area contributed by atoms with Crippen molar-refractivity contribution in [1.29, 1.82) is 0 Å². The standard InChI is InChI=1S/C21H16ClN5O2S2/c22-15-6-8-16(9-7-15)31(28,29)21-20-24-19(23-12-10-14-4-2-1-3-5-14)18-17(11-13-30-18)27(20)26-25-21/h1-9,11,13H,10,12H2,(H,23,24). The summed E-state index contributed by atoms with van der Waals surface area (Å²) >= 11 is 7.41. The van der Waals surface area contributed by atoms with Gasteiger partial charge in [0, 0.05) is 11.6 Å². The Morgan fingerprint density at radius 3 is 2.58 bits per heavy atom. The summed E-state index contributed by atoms with van der Waals surface area (Å²) < 4.78 is 28.7. The van der Waals surface area contributed by atoms with Crippen molar-refractivity contribution in [3.8, 4) is 0 Å². The molecule has 0 aliphatic rings. The molecule has 0 unspecified atom stereocenters. The van der Waals surface area contributed by atoms with Gasteiger partial charge in [0.15, 0.2) is 5.65 Å². The summed E-state index contributed by atoms with van der Waals surface area (Å²) in [4.78, 5) is 4.70. The van der Waals surface area contributed by atoms with Gasteiger partial charge in [-0.05, 0) is 47.7 Å². The molecule has 10 heteroatoms. The van der Waals surface area contributed by atoms with E-state index in [1.54, 1.807) is 0 Å². The molecule has 7 nitrogen and oxygen atoms in total. The number of hydrogen-bond acceptors (Lipinski definition) is 7. The number of aromatic nitrogens is 4. The van der Waals surface area contributed by atoms with E-state index in [-0.39, 0.29) is 15.6 Å². The first kappa shape index (κ1) is 19.9. The van der Waals surface area contributed by atoms with Crippen molar-refractivity contribution in [3.63, 3.8) is 0 Å². The molecule has 0 atom stereocenters. The van der Waals surface area contributed by atoms with E-state index in [0.29, 0.717) is 17.4 Å². The molecule has 0 fully saturated rings. The lowest BCUT2D eigenvalue weighted by molar-refractivity contribution is 0.592. The highest BCUT2D eigenvalue weighted by Crippen LogP contribution is 2.31. The van der Waals surface area contributed by atoms with Crippen LogP contribution in [-0.4, -0.2) is 34.8 Å². The molecular weight excluding hydrogens is 454 g/mol. The Morgan fingerprint density at radius 1 is 1.03 bits per heavy atom. The number of rotatable bonds is 6. The van der Waals surface area contributed by atoms with Gasteiger partial charge in [0.05, 0.1) is 15.1 Å². The van der Waals surface area contributed by atoms with Gasteiger partial charge in [-0.15, -0.1) is 16.4 Å². The first-order valence-electron chi connectivity index (χ1n) is 9.45. The van der Waals surface area contributed by atoms with Crippen LogP contribution in [0.15, 0.2) is 76.0 Å². The van der Waals surface area contributed by atoms with Gasteiger partial charge in [0.1, 0.15) is 5.82 Å². The van der Waals surface area contributed by atoms with Crippen LogP contribution in [0.25, 0.3) is 15.9 Å². The van der Waals surface area contributed by atoms with Crippen molar-refractivity contribution in [2.24, 2.45) is 0 Å². The summed E-state index contributed by atoms with van der Waals surface area (Å²) in [6, 6.07) is 18.0. The molecule has 156 valence electrons. The molecule has 0 aliphatic carbocycles. The normalized spacial score (nSPS) is 11.9. The zero-order valence-corrected chi connectivity index (χ0v) is 18.5. The summed E-state index contributed by atoms with van der Waals surface area (Å²) in [6.07, 6.45) is 0.814. The van der Waals surface area contributed by atoms with E-state index in [9.17, 15) is 8.42 Å². The van der Waals surface area contributed by atoms with E-state index in [2.05, 4.69) is 32.7 Å². The molecule has 5 rings (SSSR count). The molecule has 31 heavy (non-hydrogen) atoms. The Kier molecular flexibility index (Phi) is 5.09. The van der Waals surface area contributed by atoms with Crippen molar-refractivity contribution < 1.29 is 8.42 Å². The van der Waals surface area contributed by atoms with Crippen LogP contribution in [0, 0.1) is 0 Å². The van der Waals surface area contributed by atoms with E-state index < -0.39 is 9.84 Å². The maximum absolute atomic E-state index is 13.2. The highest BCUT2D eigenvalue weighted by atomic mass is 35.5. The molecule has 2 aromatic carbocycles. The number of hydrogen-bond donors (Lipinski definition) is 1. The fourth-order valence-electron chi connectivity index (χ4n) is 3.31. The van der Waals surface area contributed by atoms with E-state index in [4.69, 9.17) is 11.6 Å². The van der Waals surface area contributed by atoms with E-state index in [1.807, 2.05) is 29.6 Å². The number of thiophene rings is 1. The molecule has 0 bridgehead atoms. The Morgan fingerprint density at radius 2 is 1.81 bits per heavy atom. The third-order valence-corrected chi connectivity index (χ3v) is 7.68. The van der Waals surface area contributed by atoms with Crippen LogP contribution in [-0.2, 0) is 16.3 Å². The molecule has 0 spiro atoms. The predicted molar refractivity (Wildman–Crippen MR) is 122 cm³/mol. The van der Waals surface area contributed by atoms with Crippen molar-refractivity contribution in [2.75, 3.05) is 11.9 Å². The van der Waals surface area contributed by atoms with Crippen molar-refractivity contribution >= 4 is 54.5 Å². The molecule has 3 heterocycles. The molecule has 0 saturated heterocycles. The van der Waals surface area contributed by atoms with Gasteiger partial charge in [-0.3, -0.25) is 0 Å². The fraction of sp³-hybridized carbons (Fsp3) is 0.0952. The molecule has 5 aromatic rings. The third-order valence-electron chi connectivity index (χ3n) is 4.85. The number of halogens is 1. The molecular formula is C21H16ClN5O2S2. The van der Waals surface area contributed by atoms with E-state index in [0.717, 1.165) is 16.6 Å². The third kappa shape index (κ3) is 3.65. The maximum atomic E-state index is 13.2. The minimum Gasteiger partial charge on any atom is -0.368 e. The molecule has 0 amide bonds. The number of nitrogens with one attached hydrogen (secondary N) is 1. The predicted octanol–water partition coefficient (Wildman–Crippen LogP) is 4.48. The average Bonchev–Trinajstić information content (AvgIpc) is 3.42. The number of sulfone groups is 1. The van der Waals surface area contributed by atoms with Crippen LogP contribution >= 0.6 is 22.9 Å². The lowest BCUT2D eigenvalue weighted by Gasteiger charge is -2.08. The summed E-state index contributed by atoms with van der Waals surface area (Å²) in [5.41, 5.74) is 2.14. The Bertz CT molecular complexity index is 1480. The minimum absolute atomic E-state index is 0.0881. The van der Waals surface area contributed by atoms with Gasteiger partial charge in [0.25, 0.3) is 0 Å². The average molecular weight is 470 g/mol.